The summed E-state index contributed by atoms with van der Waals surface area (Å²) in [5.74, 6) is 0.787. The summed E-state index contributed by atoms with van der Waals surface area (Å²) in [5.41, 5.74) is 0. The van der Waals surface area contributed by atoms with E-state index in [1.54, 1.807) is 6.33 Å². The number of thioether (sulfide) groups is 1. The number of piperidine rings is 1. The van der Waals surface area contributed by atoms with E-state index in [1.165, 1.54) is 24.6 Å². The Hall–Kier alpha value is -1.08. The van der Waals surface area contributed by atoms with Crippen molar-refractivity contribution in [3.05, 3.63) is 6.33 Å². The van der Waals surface area contributed by atoms with Crippen molar-refractivity contribution in [2.45, 2.75) is 36.9 Å². The van der Waals surface area contributed by atoms with E-state index >= 15 is 0 Å². The lowest BCUT2D eigenvalue weighted by molar-refractivity contribution is -0.130. The van der Waals surface area contributed by atoms with Crippen molar-refractivity contribution in [3.8, 4) is 0 Å². The Morgan fingerprint density at radius 1 is 1.45 bits per heavy atom. The molecule has 110 valence electrons. The fourth-order valence-electron chi connectivity index (χ4n) is 2.60. The molecule has 0 radical (unpaired) electrons. The molecular formula is C13H20N4O2S. The number of carbonyl (C=O) groups is 1. The van der Waals surface area contributed by atoms with E-state index in [9.17, 15) is 9.90 Å². The lowest BCUT2D eigenvalue weighted by Crippen LogP contribution is -2.41. The molecule has 2 fully saturated rings. The highest BCUT2D eigenvalue weighted by atomic mass is 32.2. The summed E-state index contributed by atoms with van der Waals surface area (Å²) in [7, 11) is 0. The molecule has 1 aliphatic heterocycles. The average molecular weight is 296 g/mol. The van der Waals surface area contributed by atoms with Crippen molar-refractivity contribution in [2.75, 3.05) is 25.4 Å². The molecule has 1 unspecified atom stereocenters. The number of hydrogen-bond donors (Lipinski definition) is 1. The molecule has 3 rings (SSSR count). The van der Waals surface area contributed by atoms with Crippen molar-refractivity contribution in [1.82, 2.24) is 19.7 Å². The van der Waals surface area contributed by atoms with Crippen molar-refractivity contribution in [1.29, 1.82) is 0 Å². The first-order valence-electron chi connectivity index (χ1n) is 7.19. The lowest BCUT2D eigenvalue weighted by atomic mass is 9.99. The molecule has 7 heteroatoms. The van der Waals surface area contributed by atoms with Gasteiger partial charge in [0.05, 0.1) is 5.75 Å². The maximum Gasteiger partial charge on any atom is 0.233 e. The minimum absolute atomic E-state index is 0.137. The largest absolute Gasteiger partial charge is 0.396 e. The fourth-order valence-corrected chi connectivity index (χ4v) is 3.48. The number of carbonyl (C=O) groups excluding carboxylic acids is 1. The molecule has 2 heterocycles. The average Bonchev–Trinajstić information content (AvgIpc) is 3.23. The number of nitrogens with zero attached hydrogens (tertiary/aromatic N) is 4. The van der Waals surface area contributed by atoms with Gasteiger partial charge in [0.2, 0.25) is 5.91 Å². The van der Waals surface area contributed by atoms with Crippen LogP contribution in [0.15, 0.2) is 11.5 Å². The first-order chi connectivity index (χ1) is 9.78. The molecule has 20 heavy (non-hydrogen) atoms. The van der Waals surface area contributed by atoms with Crippen LogP contribution in [-0.4, -0.2) is 56.1 Å². The van der Waals surface area contributed by atoms with Gasteiger partial charge in [0.15, 0.2) is 5.16 Å². The Morgan fingerprint density at radius 3 is 3.05 bits per heavy atom. The van der Waals surface area contributed by atoms with Gasteiger partial charge in [0.25, 0.3) is 0 Å². The second-order valence-electron chi connectivity index (χ2n) is 5.57. The number of rotatable bonds is 5. The zero-order valence-corrected chi connectivity index (χ0v) is 12.3. The normalized spacial score (nSPS) is 23.1. The van der Waals surface area contributed by atoms with Crippen molar-refractivity contribution in [2.24, 2.45) is 5.92 Å². The topological polar surface area (TPSA) is 71.2 Å². The van der Waals surface area contributed by atoms with Gasteiger partial charge < -0.3 is 14.6 Å². The second kappa shape index (κ2) is 6.13. The van der Waals surface area contributed by atoms with Crippen LogP contribution in [0.3, 0.4) is 0 Å². The van der Waals surface area contributed by atoms with Gasteiger partial charge >= 0.3 is 0 Å². The van der Waals surface area contributed by atoms with E-state index in [0.717, 1.165) is 24.5 Å². The number of hydrogen-bond acceptors (Lipinski definition) is 5. The summed E-state index contributed by atoms with van der Waals surface area (Å²) in [5, 5.41) is 18.1. The first-order valence-corrected chi connectivity index (χ1v) is 8.17. The quantitative estimate of drug-likeness (QED) is 0.819. The molecule has 1 aromatic rings. The Labute approximate surface area is 122 Å². The van der Waals surface area contributed by atoms with E-state index in [2.05, 4.69) is 14.8 Å². The van der Waals surface area contributed by atoms with Crippen LogP contribution < -0.4 is 0 Å². The van der Waals surface area contributed by atoms with Crippen LogP contribution in [0.4, 0.5) is 0 Å². The zero-order chi connectivity index (χ0) is 13.9. The van der Waals surface area contributed by atoms with E-state index in [-0.39, 0.29) is 18.4 Å². The van der Waals surface area contributed by atoms with Gasteiger partial charge in [-0.05, 0) is 31.6 Å². The van der Waals surface area contributed by atoms with Gasteiger partial charge in [-0.2, -0.15) is 0 Å². The van der Waals surface area contributed by atoms with Crippen LogP contribution in [0.5, 0.6) is 0 Å². The predicted octanol–water partition coefficient (Wildman–Crippen LogP) is 0.936. The van der Waals surface area contributed by atoms with Crippen LogP contribution >= 0.6 is 11.8 Å². The summed E-state index contributed by atoms with van der Waals surface area (Å²) in [6, 6.07) is 0.538. The fraction of sp³-hybridized carbons (Fsp3) is 0.769. The van der Waals surface area contributed by atoms with Gasteiger partial charge in [0, 0.05) is 25.7 Å². The Morgan fingerprint density at radius 2 is 2.30 bits per heavy atom. The first kappa shape index (κ1) is 13.9. The smallest absolute Gasteiger partial charge is 0.233 e. The van der Waals surface area contributed by atoms with E-state index in [0.29, 0.717) is 18.3 Å². The minimum Gasteiger partial charge on any atom is -0.396 e. The Bertz CT molecular complexity index is 475. The number of amides is 1. The highest BCUT2D eigenvalue weighted by Gasteiger charge is 2.27. The second-order valence-corrected chi connectivity index (χ2v) is 6.51. The summed E-state index contributed by atoms with van der Waals surface area (Å²) in [6.45, 7) is 1.67. The summed E-state index contributed by atoms with van der Waals surface area (Å²) in [6.07, 6.45) is 6.13. The third-order valence-corrected chi connectivity index (χ3v) is 4.88. The maximum absolute atomic E-state index is 12.2. The molecular weight excluding hydrogens is 276 g/mol. The summed E-state index contributed by atoms with van der Waals surface area (Å²) in [4.78, 5) is 14.1. The number of likely N-dealkylation sites (tertiary alicyclic amines) is 1. The van der Waals surface area contributed by atoms with Crippen molar-refractivity contribution >= 4 is 17.7 Å². The van der Waals surface area contributed by atoms with Gasteiger partial charge in [-0.1, -0.05) is 11.8 Å². The predicted molar refractivity (Wildman–Crippen MR) is 75.4 cm³/mol. The molecule has 1 amide bonds. The molecule has 1 saturated heterocycles. The highest BCUT2D eigenvalue weighted by Crippen LogP contribution is 2.37. The summed E-state index contributed by atoms with van der Waals surface area (Å²) < 4.78 is 2.07. The number of aliphatic hydroxyl groups is 1. The monoisotopic (exact) mass is 296 g/mol. The van der Waals surface area contributed by atoms with Crippen LogP contribution in [0.25, 0.3) is 0 Å². The molecule has 1 N–H and O–H groups in total. The lowest BCUT2D eigenvalue weighted by Gasteiger charge is -2.31. The van der Waals surface area contributed by atoms with Gasteiger partial charge in [-0.25, -0.2) is 0 Å². The van der Waals surface area contributed by atoms with E-state index in [4.69, 9.17) is 0 Å². The molecule has 6 nitrogen and oxygen atoms in total. The number of aliphatic hydroxyl groups excluding tert-OH is 1. The SMILES string of the molecule is O=C(CSc1nncn1C1CC1)N1CCCC(CO)C1. The molecule has 1 aromatic heterocycles. The van der Waals surface area contributed by atoms with Crippen molar-refractivity contribution in [3.63, 3.8) is 0 Å². The molecule has 0 spiro atoms. The van der Waals surface area contributed by atoms with E-state index < -0.39 is 0 Å². The standard InChI is InChI=1S/C13H20N4O2S/c18-7-10-2-1-5-16(6-10)12(19)8-20-13-15-14-9-17(13)11-3-4-11/h9-11,18H,1-8H2. The van der Waals surface area contributed by atoms with E-state index in [1.807, 2.05) is 4.90 Å². The summed E-state index contributed by atoms with van der Waals surface area (Å²) >= 11 is 1.47. The third kappa shape index (κ3) is 3.15. The maximum atomic E-state index is 12.2. The van der Waals surface area contributed by atoms with Gasteiger partial charge in [-0.15, -0.1) is 10.2 Å². The third-order valence-electron chi connectivity index (χ3n) is 3.94. The molecule has 1 saturated carbocycles. The molecule has 0 bridgehead atoms. The Balaban J connectivity index is 1.52. The molecule has 1 aliphatic carbocycles. The van der Waals surface area contributed by atoms with Gasteiger partial charge in [0.1, 0.15) is 6.33 Å². The molecule has 1 atom stereocenters. The van der Waals surface area contributed by atoms with Crippen LogP contribution in [-0.2, 0) is 4.79 Å². The van der Waals surface area contributed by atoms with Gasteiger partial charge in [-0.3, -0.25) is 4.79 Å². The highest BCUT2D eigenvalue weighted by molar-refractivity contribution is 7.99. The van der Waals surface area contributed by atoms with Crippen LogP contribution in [0.2, 0.25) is 0 Å². The van der Waals surface area contributed by atoms with Crippen molar-refractivity contribution < 1.29 is 9.90 Å². The zero-order valence-electron chi connectivity index (χ0n) is 11.4. The van der Waals surface area contributed by atoms with Crippen LogP contribution in [0.1, 0.15) is 31.7 Å². The Kier molecular flexibility index (Phi) is 4.26. The van der Waals surface area contributed by atoms with Crippen LogP contribution in [0, 0.1) is 5.92 Å². The molecule has 2 aliphatic rings. The molecule has 0 aromatic carbocycles. The minimum atomic E-state index is 0.137. The number of aromatic nitrogens is 3.